The molecule has 1 N–H and O–H groups in total. The molecule has 0 aliphatic carbocycles. The zero-order valence-corrected chi connectivity index (χ0v) is 18.5. The number of carbonyl (C=O) groups excluding carboxylic acids is 1. The first-order valence-electron chi connectivity index (χ1n) is 10.0. The number of morpholine rings is 1. The van der Waals surface area contributed by atoms with Crippen molar-refractivity contribution in [3.8, 4) is 0 Å². The molecule has 1 aromatic carbocycles. The van der Waals surface area contributed by atoms with Gasteiger partial charge < -0.3 is 19.4 Å². The van der Waals surface area contributed by atoms with Crippen molar-refractivity contribution in [1.29, 1.82) is 0 Å². The Bertz CT molecular complexity index is 954. The van der Waals surface area contributed by atoms with Crippen LogP contribution in [-0.2, 0) is 4.74 Å². The Morgan fingerprint density at radius 3 is 2.48 bits per heavy atom. The highest BCUT2D eigenvalue weighted by molar-refractivity contribution is 7.80. The smallest absolute Gasteiger partial charge is 0.292 e. The summed E-state index contributed by atoms with van der Waals surface area (Å²) in [6, 6.07) is 8.88. The topological polar surface area (TPSA) is 91.2 Å². The van der Waals surface area contributed by atoms with E-state index < -0.39 is 0 Å². The number of ether oxygens (including phenoxy) is 1. The number of nitrogens with zero attached hydrogens (tertiary/aromatic N) is 4. The Labute approximate surface area is 189 Å². The van der Waals surface area contributed by atoms with Crippen LogP contribution in [0.3, 0.4) is 0 Å². The quantitative estimate of drug-likeness (QED) is 0.422. The molecule has 2 aliphatic rings. The molecule has 1 aromatic heterocycles. The van der Waals surface area contributed by atoms with Crippen LogP contribution in [0.2, 0.25) is 0 Å². The van der Waals surface area contributed by atoms with Gasteiger partial charge in [-0.2, -0.15) is 0 Å². The summed E-state index contributed by atoms with van der Waals surface area (Å²) in [6.45, 7) is 5.13. The maximum absolute atomic E-state index is 12.2. The van der Waals surface area contributed by atoms with Gasteiger partial charge in [0.1, 0.15) is 5.69 Å². The van der Waals surface area contributed by atoms with Gasteiger partial charge in [0.05, 0.1) is 23.0 Å². The number of rotatable bonds is 4. The van der Waals surface area contributed by atoms with Gasteiger partial charge in [-0.3, -0.25) is 20.2 Å². The molecule has 0 radical (unpaired) electrons. The number of carbonyl (C=O) groups is 1. The molecule has 0 bridgehead atoms. The Morgan fingerprint density at radius 1 is 1.10 bits per heavy atom. The van der Waals surface area contributed by atoms with Crippen molar-refractivity contribution in [1.82, 2.24) is 10.2 Å². The van der Waals surface area contributed by atoms with Crippen LogP contribution >= 0.6 is 23.6 Å². The fourth-order valence-corrected chi connectivity index (χ4v) is 4.63. The van der Waals surface area contributed by atoms with E-state index in [0.29, 0.717) is 68.2 Å². The molecular formula is C20H23N5O4S2. The van der Waals surface area contributed by atoms with Gasteiger partial charge in [0.25, 0.3) is 11.6 Å². The van der Waals surface area contributed by atoms with Gasteiger partial charge in [0, 0.05) is 51.0 Å². The average molecular weight is 462 g/mol. The lowest BCUT2D eigenvalue weighted by molar-refractivity contribution is -0.384. The minimum Gasteiger partial charge on any atom is -0.378 e. The van der Waals surface area contributed by atoms with Crippen LogP contribution in [0.1, 0.15) is 9.67 Å². The average Bonchev–Trinajstić information content (AvgIpc) is 3.34. The monoisotopic (exact) mass is 461 g/mol. The summed E-state index contributed by atoms with van der Waals surface area (Å²) in [5.41, 5.74) is 1.69. The molecule has 4 rings (SSSR count). The van der Waals surface area contributed by atoms with Crippen LogP contribution in [0, 0.1) is 10.1 Å². The van der Waals surface area contributed by atoms with E-state index in [0.717, 1.165) is 5.69 Å². The summed E-state index contributed by atoms with van der Waals surface area (Å²) in [5.74, 6) is -0.187. The first-order valence-corrected chi connectivity index (χ1v) is 11.3. The van der Waals surface area contributed by atoms with Crippen molar-refractivity contribution >= 4 is 51.6 Å². The molecule has 0 saturated carbocycles. The van der Waals surface area contributed by atoms with Gasteiger partial charge in [-0.1, -0.05) is 6.07 Å². The predicted molar refractivity (Wildman–Crippen MR) is 124 cm³/mol. The molecule has 164 valence electrons. The molecule has 2 aromatic rings. The van der Waals surface area contributed by atoms with Gasteiger partial charge >= 0.3 is 0 Å². The molecule has 2 saturated heterocycles. The second kappa shape index (κ2) is 9.58. The normalized spacial score (nSPS) is 16.8. The molecule has 1 amide bonds. The number of thiophene rings is 1. The minimum atomic E-state index is -0.332. The number of nitro benzene ring substituents is 1. The molecule has 0 spiro atoms. The maximum atomic E-state index is 12.2. The number of nitrogens with one attached hydrogen (secondary N) is 1. The summed E-state index contributed by atoms with van der Waals surface area (Å²) in [5, 5.41) is 16.6. The zero-order chi connectivity index (χ0) is 21.8. The highest BCUT2D eigenvalue weighted by atomic mass is 32.1. The number of nitro groups is 1. The van der Waals surface area contributed by atoms with Crippen molar-refractivity contribution < 1.29 is 14.5 Å². The van der Waals surface area contributed by atoms with E-state index in [1.54, 1.807) is 18.2 Å². The molecule has 2 fully saturated rings. The third-order valence-corrected chi connectivity index (χ3v) is 6.63. The summed E-state index contributed by atoms with van der Waals surface area (Å²) in [7, 11) is 0. The molecule has 11 heteroatoms. The van der Waals surface area contributed by atoms with E-state index in [9.17, 15) is 14.9 Å². The SMILES string of the molecule is O=C(NC(=S)N1CCN(c2ccc([N+](=O)[O-])c(N3CCOCC3)c2)CC1)c1cccs1. The minimum absolute atomic E-state index is 0.113. The number of benzene rings is 1. The lowest BCUT2D eigenvalue weighted by Gasteiger charge is -2.37. The predicted octanol–water partition coefficient (Wildman–Crippen LogP) is 2.33. The molecule has 0 unspecified atom stereocenters. The number of anilines is 2. The Morgan fingerprint density at radius 2 is 1.84 bits per heavy atom. The van der Waals surface area contributed by atoms with Crippen LogP contribution in [0.5, 0.6) is 0 Å². The van der Waals surface area contributed by atoms with E-state index in [-0.39, 0.29) is 16.5 Å². The fraction of sp³-hybridized carbons (Fsp3) is 0.400. The van der Waals surface area contributed by atoms with Crippen molar-refractivity contribution in [2.75, 3.05) is 62.3 Å². The van der Waals surface area contributed by atoms with Crippen molar-refractivity contribution in [2.24, 2.45) is 0 Å². The van der Waals surface area contributed by atoms with Gasteiger partial charge in [-0.25, -0.2) is 0 Å². The van der Waals surface area contributed by atoms with Gasteiger partial charge in [0.2, 0.25) is 0 Å². The summed E-state index contributed by atoms with van der Waals surface area (Å²) in [4.78, 5) is 30.2. The lowest BCUT2D eigenvalue weighted by atomic mass is 10.1. The Kier molecular flexibility index (Phi) is 6.64. The Balaban J connectivity index is 1.40. The molecule has 9 nitrogen and oxygen atoms in total. The molecule has 31 heavy (non-hydrogen) atoms. The maximum Gasteiger partial charge on any atom is 0.292 e. The van der Waals surface area contributed by atoms with Crippen LogP contribution in [0.15, 0.2) is 35.7 Å². The highest BCUT2D eigenvalue weighted by Crippen LogP contribution is 2.33. The van der Waals surface area contributed by atoms with Crippen molar-refractivity contribution in [2.45, 2.75) is 0 Å². The van der Waals surface area contributed by atoms with Gasteiger partial charge in [-0.05, 0) is 35.8 Å². The van der Waals surface area contributed by atoms with E-state index >= 15 is 0 Å². The first kappa shape index (κ1) is 21.5. The molecular weight excluding hydrogens is 438 g/mol. The second-order valence-electron chi connectivity index (χ2n) is 7.24. The van der Waals surface area contributed by atoms with E-state index in [4.69, 9.17) is 17.0 Å². The van der Waals surface area contributed by atoms with Gasteiger partial charge in [-0.15, -0.1) is 11.3 Å². The van der Waals surface area contributed by atoms with Crippen LogP contribution in [0.4, 0.5) is 17.1 Å². The van der Waals surface area contributed by atoms with Crippen molar-refractivity contribution in [3.05, 3.63) is 50.7 Å². The standard InChI is InChI=1S/C20H23N5O4S2/c26-19(18-2-1-13-31-18)21-20(30)24-7-5-22(6-8-24)15-3-4-16(25(27)28)17(14-15)23-9-11-29-12-10-23/h1-4,13-14H,5-12H2,(H,21,26,30). The number of thiocarbonyl (C=S) groups is 1. The third-order valence-electron chi connectivity index (χ3n) is 5.40. The van der Waals surface area contributed by atoms with Gasteiger partial charge in [0.15, 0.2) is 5.11 Å². The first-order chi connectivity index (χ1) is 15.0. The largest absolute Gasteiger partial charge is 0.378 e. The fourth-order valence-electron chi connectivity index (χ4n) is 3.73. The van der Waals surface area contributed by atoms with Crippen molar-refractivity contribution in [3.63, 3.8) is 0 Å². The van der Waals surface area contributed by atoms with E-state index in [1.807, 2.05) is 27.3 Å². The number of hydrogen-bond donors (Lipinski definition) is 1. The molecule has 0 atom stereocenters. The number of amides is 1. The summed E-state index contributed by atoms with van der Waals surface area (Å²) < 4.78 is 5.38. The zero-order valence-electron chi connectivity index (χ0n) is 16.9. The molecule has 2 aliphatic heterocycles. The third kappa shape index (κ3) is 4.94. The van der Waals surface area contributed by atoms with Crippen LogP contribution in [-0.4, -0.2) is 73.3 Å². The highest BCUT2D eigenvalue weighted by Gasteiger charge is 2.25. The summed E-state index contributed by atoms with van der Waals surface area (Å²) >= 11 is 6.79. The summed E-state index contributed by atoms with van der Waals surface area (Å²) in [6.07, 6.45) is 0. The molecule has 3 heterocycles. The van der Waals surface area contributed by atoms with E-state index in [1.165, 1.54) is 11.3 Å². The van der Waals surface area contributed by atoms with Crippen LogP contribution < -0.4 is 15.1 Å². The van der Waals surface area contributed by atoms with Crippen LogP contribution in [0.25, 0.3) is 0 Å². The van der Waals surface area contributed by atoms with E-state index in [2.05, 4.69) is 10.2 Å². The Hall–Kier alpha value is -2.76. The lowest BCUT2D eigenvalue weighted by Crippen LogP contribution is -2.52. The number of hydrogen-bond acceptors (Lipinski definition) is 8. The number of piperazine rings is 1. The second-order valence-corrected chi connectivity index (χ2v) is 8.57.